The van der Waals surface area contributed by atoms with Crippen LogP contribution >= 0.6 is 0 Å². The van der Waals surface area contributed by atoms with Crippen molar-refractivity contribution in [3.05, 3.63) is 28.0 Å². The van der Waals surface area contributed by atoms with Gasteiger partial charge in [-0.2, -0.15) is 0 Å². The van der Waals surface area contributed by atoms with Crippen molar-refractivity contribution in [2.75, 3.05) is 0 Å². The molecule has 0 saturated carbocycles. The standard InChI is InChI=1S/C8H10N4O2/c1-8(2,3)6-4-5(11-14-6)7(13)10-12-9/h4H,1-3H3. The molecule has 0 fully saturated rings. The van der Waals surface area contributed by atoms with Crippen LogP contribution in [0.2, 0.25) is 0 Å². The quantitative estimate of drug-likeness (QED) is 0.390. The summed E-state index contributed by atoms with van der Waals surface area (Å²) in [6.07, 6.45) is 0. The minimum atomic E-state index is -0.730. The van der Waals surface area contributed by atoms with Gasteiger partial charge in [0.2, 0.25) is 0 Å². The summed E-state index contributed by atoms with van der Waals surface area (Å²) in [4.78, 5) is 13.4. The number of aromatic nitrogens is 1. The second kappa shape index (κ2) is 3.51. The zero-order valence-corrected chi connectivity index (χ0v) is 8.18. The molecule has 0 bridgehead atoms. The van der Waals surface area contributed by atoms with E-state index in [1.807, 2.05) is 20.8 Å². The highest BCUT2D eigenvalue weighted by Gasteiger charge is 2.21. The van der Waals surface area contributed by atoms with E-state index in [2.05, 4.69) is 15.2 Å². The third-order valence-corrected chi connectivity index (χ3v) is 1.60. The Bertz CT molecular complexity index is 396. The number of rotatable bonds is 1. The van der Waals surface area contributed by atoms with E-state index >= 15 is 0 Å². The molecular weight excluding hydrogens is 184 g/mol. The van der Waals surface area contributed by atoms with Crippen molar-refractivity contribution in [2.24, 2.45) is 5.11 Å². The molecule has 0 unspecified atom stereocenters. The smallest absolute Gasteiger partial charge is 0.270 e. The van der Waals surface area contributed by atoms with Crippen molar-refractivity contribution in [1.82, 2.24) is 5.16 Å². The largest absolute Gasteiger partial charge is 0.360 e. The molecule has 0 atom stereocenters. The van der Waals surface area contributed by atoms with E-state index in [1.54, 1.807) is 0 Å². The molecule has 0 spiro atoms. The molecule has 1 rings (SSSR count). The fourth-order valence-electron chi connectivity index (χ4n) is 0.821. The molecule has 0 aliphatic heterocycles. The Labute approximate surface area is 80.5 Å². The summed E-state index contributed by atoms with van der Waals surface area (Å²) in [7, 11) is 0. The highest BCUT2D eigenvalue weighted by molar-refractivity contribution is 5.92. The number of amides is 1. The lowest BCUT2D eigenvalue weighted by atomic mass is 9.93. The summed E-state index contributed by atoms with van der Waals surface area (Å²) in [5, 5.41) is 6.42. The van der Waals surface area contributed by atoms with Gasteiger partial charge in [0.15, 0.2) is 5.69 Å². The summed E-state index contributed by atoms with van der Waals surface area (Å²) in [6.45, 7) is 5.78. The second-order valence-electron chi connectivity index (χ2n) is 3.82. The maximum Gasteiger partial charge on any atom is 0.270 e. The molecule has 1 heterocycles. The van der Waals surface area contributed by atoms with E-state index in [-0.39, 0.29) is 11.1 Å². The van der Waals surface area contributed by atoms with E-state index in [0.717, 1.165) is 0 Å². The molecule has 0 radical (unpaired) electrons. The number of carbonyl (C=O) groups is 1. The fourth-order valence-corrected chi connectivity index (χ4v) is 0.821. The van der Waals surface area contributed by atoms with Crippen molar-refractivity contribution in [1.29, 1.82) is 0 Å². The van der Waals surface area contributed by atoms with Gasteiger partial charge in [-0.05, 0) is 10.6 Å². The number of nitrogens with zero attached hydrogens (tertiary/aromatic N) is 4. The minimum absolute atomic E-state index is 0.0349. The Morgan fingerprint density at radius 2 is 2.29 bits per heavy atom. The summed E-state index contributed by atoms with van der Waals surface area (Å²) in [5.41, 5.74) is 7.86. The van der Waals surface area contributed by atoms with Crippen LogP contribution in [0.25, 0.3) is 10.4 Å². The van der Waals surface area contributed by atoms with Gasteiger partial charge < -0.3 is 4.52 Å². The zero-order valence-electron chi connectivity index (χ0n) is 8.18. The molecule has 6 nitrogen and oxygen atoms in total. The topological polar surface area (TPSA) is 91.9 Å². The third-order valence-electron chi connectivity index (χ3n) is 1.60. The maximum atomic E-state index is 11.0. The summed E-state index contributed by atoms with van der Waals surface area (Å²) >= 11 is 0. The van der Waals surface area contributed by atoms with Crippen LogP contribution in [-0.4, -0.2) is 11.1 Å². The van der Waals surface area contributed by atoms with Crippen LogP contribution in [0.3, 0.4) is 0 Å². The van der Waals surface area contributed by atoms with Crippen molar-refractivity contribution in [2.45, 2.75) is 26.2 Å². The lowest BCUT2D eigenvalue weighted by Crippen LogP contribution is -2.09. The van der Waals surface area contributed by atoms with Gasteiger partial charge in [0.25, 0.3) is 5.91 Å². The second-order valence-corrected chi connectivity index (χ2v) is 3.82. The van der Waals surface area contributed by atoms with Crippen LogP contribution in [0.4, 0.5) is 0 Å². The molecule has 0 saturated heterocycles. The fraction of sp³-hybridized carbons (Fsp3) is 0.500. The van der Waals surface area contributed by atoms with Crippen LogP contribution in [0.1, 0.15) is 37.0 Å². The summed E-state index contributed by atoms with van der Waals surface area (Å²) < 4.78 is 4.94. The van der Waals surface area contributed by atoms with Gasteiger partial charge in [-0.25, -0.2) is 0 Å². The van der Waals surface area contributed by atoms with Gasteiger partial charge in [-0.3, -0.25) is 4.79 Å². The molecule has 6 heteroatoms. The van der Waals surface area contributed by atoms with Crippen molar-refractivity contribution >= 4 is 5.91 Å². The van der Waals surface area contributed by atoms with Crippen molar-refractivity contribution < 1.29 is 9.32 Å². The normalized spacial score (nSPS) is 10.8. The predicted molar refractivity (Wildman–Crippen MR) is 48.7 cm³/mol. The Balaban J connectivity index is 3.00. The monoisotopic (exact) mass is 194 g/mol. The number of hydrogen-bond donors (Lipinski definition) is 0. The third kappa shape index (κ3) is 2.11. The first kappa shape index (κ1) is 10.3. The zero-order chi connectivity index (χ0) is 10.8. The molecule has 1 aromatic heterocycles. The summed E-state index contributed by atoms with van der Waals surface area (Å²) in [6, 6.07) is 1.48. The van der Waals surface area contributed by atoms with E-state index in [0.29, 0.717) is 5.76 Å². The van der Waals surface area contributed by atoms with Gasteiger partial charge in [-0.15, -0.1) is 0 Å². The van der Waals surface area contributed by atoms with E-state index in [4.69, 9.17) is 10.1 Å². The van der Waals surface area contributed by atoms with Crippen LogP contribution < -0.4 is 0 Å². The Kier molecular flexibility index (Phi) is 2.58. The number of carbonyl (C=O) groups excluding carboxylic acids is 1. The summed E-state index contributed by atoms with van der Waals surface area (Å²) in [5.74, 6) is -0.152. The van der Waals surface area contributed by atoms with Gasteiger partial charge in [0.1, 0.15) is 5.76 Å². The average molecular weight is 194 g/mol. The molecule has 14 heavy (non-hydrogen) atoms. The first-order valence-corrected chi connectivity index (χ1v) is 4.02. The lowest BCUT2D eigenvalue weighted by Gasteiger charge is -2.11. The van der Waals surface area contributed by atoms with Gasteiger partial charge in [0, 0.05) is 16.4 Å². The molecule has 0 aliphatic rings. The van der Waals surface area contributed by atoms with E-state index in [1.165, 1.54) is 6.07 Å². The van der Waals surface area contributed by atoms with Crippen LogP contribution in [0.15, 0.2) is 15.7 Å². The van der Waals surface area contributed by atoms with Gasteiger partial charge >= 0.3 is 0 Å². The van der Waals surface area contributed by atoms with Crippen LogP contribution in [0.5, 0.6) is 0 Å². The lowest BCUT2D eigenvalue weighted by molar-refractivity contribution is 0.0991. The number of hydrogen-bond acceptors (Lipinski definition) is 3. The van der Waals surface area contributed by atoms with E-state index in [9.17, 15) is 4.79 Å². The molecule has 0 aliphatic carbocycles. The SMILES string of the molecule is CC(C)(C)c1cc(C(=O)N=[N+]=[N-])no1. The maximum absolute atomic E-state index is 11.0. The van der Waals surface area contributed by atoms with Gasteiger partial charge in [-0.1, -0.05) is 25.9 Å². The first-order chi connectivity index (χ1) is 6.45. The first-order valence-electron chi connectivity index (χ1n) is 4.02. The van der Waals surface area contributed by atoms with Gasteiger partial charge in [0.05, 0.1) is 0 Å². The molecule has 0 aromatic carbocycles. The van der Waals surface area contributed by atoms with Crippen LogP contribution in [-0.2, 0) is 5.41 Å². The van der Waals surface area contributed by atoms with Crippen molar-refractivity contribution in [3.63, 3.8) is 0 Å². The Morgan fingerprint density at radius 3 is 2.71 bits per heavy atom. The molecule has 0 N–H and O–H groups in total. The molecule has 1 aromatic rings. The molecule has 1 amide bonds. The predicted octanol–water partition coefficient (Wildman–Crippen LogP) is 2.42. The Morgan fingerprint density at radius 1 is 1.64 bits per heavy atom. The average Bonchev–Trinajstić information content (AvgIpc) is 2.51. The van der Waals surface area contributed by atoms with E-state index < -0.39 is 5.91 Å². The molecular formula is C8H10N4O2. The molecule has 74 valence electrons. The van der Waals surface area contributed by atoms with Crippen LogP contribution in [0, 0.1) is 0 Å². The minimum Gasteiger partial charge on any atom is -0.360 e. The highest BCUT2D eigenvalue weighted by Crippen LogP contribution is 2.22. The Hall–Kier alpha value is -1.81. The van der Waals surface area contributed by atoms with Crippen molar-refractivity contribution in [3.8, 4) is 0 Å². The number of azide groups is 1. The highest BCUT2D eigenvalue weighted by atomic mass is 16.5.